The highest BCUT2D eigenvalue weighted by atomic mass is 127. The predicted molar refractivity (Wildman–Crippen MR) is 81.4 cm³/mol. The number of hydrogen-bond acceptors (Lipinski definition) is 3. The molecule has 0 atom stereocenters. The van der Waals surface area contributed by atoms with E-state index in [0.29, 0.717) is 9.39 Å². The van der Waals surface area contributed by atoms with Gasteiger partial charge in [0.25, 0.3) is 5.56 Å². The van der Waals surface area contributed by atoms with Crippen molar-refractivity contribution in [3.8, 4) is 0 Å². The van der Waals surface area contributed by atoms with Crippen molar-refractivity contribution in [3.05, 3.63) is 50.1 Å². The van der Waals surface area contributed by atoms with E-state index >= 15 is 0 Å². The average Bonchev–Trinajstić information content (AvgIpc) is 2.35. The van der Waals surface area contributed by atoms with Gasteiger partial charge in [-0.25, -0.2) is 4.98 Å². The highest BCUT2D eigenvalue weighted by molar-refractivity contribution is 14.1. The summed E-state index contributed by atoms with van der Waals surface area (Å²) < 4.78 is 0.610. The zero-order chi connectivity index (χ0) is 13.1. The van der Waals surface area contributed by atoms with E-state index in [1.165, 1.54) is 11.9 Å². The molecule has 0 bridgehead atoms. The topological polar surface area (TPSA) is 49.0 Å². The summed E-state index contributed by atoms with van der Waals surface area (Å²) in [5, 5.41) is 0. The Morgan fingerprint density at radius 3 is 2.89 bits per heavy atom. The van der Waals surface area contributed by atoms with Gasteiger partial charge in [0.15, 0.2) is 5.82 Å². The molecule has 0 aliphatic carbocycles. The van der Waals surface area contributed by atoms with Crippen LogP contribution >= 0.6 is 22.6 Å². The smallest absolute Gasteiger partial charge is 0.266 e. The second-order valence-electron chi connectivity index (χ2n) is 3.95. The fourth-order valence-corrected chi connectivity index (χ4v) is 2.40. The van der Waals surface area contributed by atoms with Crippen LogP contribution in [0.3, 0.4) is 0 Å². The summed E-state index contributed by atoms with van der Waals surface area (Å²) >= 11 is 2.03. The molecule has 0 aliphatic heterocycles. The van der Waals surface area contributed by atoms with Crippen molar-refractivity contribution in [1.82, 2.24) is 9.97 Å². The zero-order valence-corrected chi connectivity index (χ0v) is 12.4. The summed E-state index contributed by atoms with van der Waals surface area (Å²) in [6, 6.07) is 8.17. The maximum atomic E-state index is 11.6. The van der Waals surface area contributed by atoms with Crippen LogP contribution in [-0.4, -0.2) is 16.5 Å². The molecule has 2 rings (SSSR count). The first kappa shape index (κ1) is 13.1. The molecule has 94 valence electrons. The lowest BCUT2D eigenvalue weighted by Crippen LogP contribution is -2.23. The highest BCUT2D eigenvalue weighted by Gasteiger charge is 2.14. The molecule has 1 aromatic heterocycles. The molecule has 1 N–H and O–H groups in total. The SMILES string of the molecule is CCN(c1cccc(C)c1)c1nc[nH]c(=O)c1I. The number of benzene rings is 1. The van der Waals surface area contributed by atoms with Crippen LogP contribution in [0.1, 0.15) is 12.5 Å². The summed E-state index contributed by atoms with van der Waals surface area (Å²) in [4.78, 5) is 20.5. The van der Waals surface area contributed by atoms with Crippen molar-refractivity contribution in [2.24, 2.45) is 0 Å². The third-order valence-electron chi connectivity index (χ3n) is 2.66. The van der Waals surface area contributed by atoms with Crippen molar-refractivity contribution in [1.29, 1.82) is 0 Å². The summed E-state index contributed by atoms with van der Waals surface area (Å²) in [5.74, 6) is 0.701. The second kappa shape index (κ2) is 5.51. The third-order valence-corrected chi connectivity index (χ3v) is 3.64. The van der Waals surface area contributed by atoms with Gasteiger partial charge in [-0.3, -0.25) is 4.79 Å². The largest absolute Gasteiger partial charge is 0.326 e. The van der Waals surface area contributed by atoms with Gasteiger partial charge in [0.1, 0.15) is 3.57 Å². The number of halogens is 1. The highest BCUT2D eigenvalue weighted by Crippen LogP contribution is 2.25. The summed E-state index contributed by atoms with van der Waals surface area (Å²) in [5.41, 5.74) is 2.13. The third kappa shape index (κ3) is 2.55. The monoisotopic (exact) mass is 355 g/mol. The lowest BCUT2D eigenvalue weighted by atomic mass is 10.2. The molecule has 0 saturated heterocycles. The van der Waals surface area contributed by atoms with E-state index in [9.17, 15) is 4.79 Å². The molecule has 0 spiro atoms. The van der Waals surface area contributed by atoms with E-state index < -0.39 is 0 Å². The average molecular weight is 355 g/mol. The molecular weight excluding hydrogens is 341 g/mol. The normalized spacial score (nSPS) is 10.4. The quantitative estimate of drug-likeness (QED) is 0.862. The molecule has 0 unspecified atom stereocenters. The zero-order valence-electron chi connectivity index (χ0n) is 10.3. The number of aromatic nitrogens is 2. The lowest BCUT2D eigenvalue weighted by Gasteiger charge is -2.23. The van der Waals surface area contributed by atoms with Crippen LogP contribution in [0.4, 0.5) is 11.5 Å². The number of hydrogen-bond donors (Lipinski definition) is 1. The minimum absolute atomic E-state index is 0.105. The minimum Gasteiger partial charge on any atom is -0.326 e. The van der Waals surface area contributed by atoms with Crippen molar-refractivity contribution >= 4 is 34.1 Å². The number of rotatable bonds is 3. The molecule has 5 heteroatoms. The molecule has 0 aliphatic rings. The number of anilines is 2. The summed E-state index contributed by atoms with van der Waals surface area (Å²) in [6.45, 7) is 4.85. The Hall–Kier alpha value is -1.37. The molecular formula is C13H14IN3O. The Morgan fingerprint density at radius 2 is 2.22 bits per heavy atom. The molecule has 2 aromatic rings. The standard InChI is InChI=1S/C13H14IN3O/c1-3-17(10-6-4-5-9(2)7-10)12-11(14)13(18)16-8-15-12/h4-8H,3H2,1-2H3,(H,15,16,18). The maximum absolute atomic E-state index is 11.6. The predicted octanol–water partition coefficient (Wildman–Crippen LogP) is 2.84. The molecule has 1 aromatic carbocycles. The molecule has 0 amide bonds. The molecule has 0 saturated carbocycles. The lowest BCUT2D eigenvalue weighted by molar-refractivity contribution is 0.957. The van der Waals surface area contributed by atoms with Gasteiger partial charge in [0.05, 0.1) is 6.33 Å². The van der Waals surface area contributed by atoms with E-state index in [0.717, 1.165) is 12.2 Å². The van der Waals surface area contributed by atoms with Crippen LogP contribution in [0.5, 0.6) is 0 Å². The molecule has 0 fully saturated rings. The number of H-pyrrole nitrogens is 1. The van der Waals surface area contributed by atoms with E-state index in [2.05, 4.69) is 16.0 Å². The van der Waals surface area contributed by atoms with Gasteiger partial charge in [-0.05, 0) is 54.1 Å². The Bertz CT molecular complexity index is 609. The van der Waals surface area contributed by atoms with Crippen LogP contribution in [-0.2, 0) is 0 Å². The van der Waals surface area contributed by atoms with E-state index in [1.54, 1.807) is 0 Å². The van der Waals surface area contributed by atoms with Crippen molar-refractivity contribution in [3.63, 3.8) is 0 Å². The first-order chi connectivity index (χ1) is 8.63. The van der Waals surface area contributed by atoms with Crippen LogP contribution in [0.15, 0.2) is 35.4 Å². The first-order valence-electron chi connectivity index (χ1n) is 5.71. The van der Waals surface area contributed by atoms with Gasteiger partial charge < -0.3 is 9.88 Å². The second-order valence-corrected chi connectivity index (χ2v) is 5.03. The fourth-order valence-electron chi connectivity index (χ4n) is 1.81. The van der Waals surface area contributed by atoms with Crippen LogP contribution < -0.4 is 10.5 Å². The van der Waals surface area contributed by atoms with Gasteiger partial charge >= 0.3 is 0 Å². The number of aryl methyl sites for hydroxylation is 1. The van der Waals surface area contributed by atoms with Gasteiger partial charge in [-0.1, -0.05) is 12.1 Å². The van der Waals surface area contributed by atoms with Crippen LogP contribution in [0.2, 0.25) is 0 Å². The Balaban J connectivity index is 2.52. The van der Waals surface area contributed by atoms with Gasteiger partial charge in [0, 0.05) is 12.2 Å². The van der Waals surface area contributed by atoms with Crippen molar-refractivity contribution in [2.75, 3.05) is 11.4 Å². The van der Waals surface area contributed by atoms with E-state index in [1.807, 2.05) is 59.5 Å². The van der Waals surface area contributed by atoms with Crippen molar-refractivity contribution < 1.29 is 0 Å². The first-order valence-corrected chi connectivity index (χ1v) is 6.78. The fraction of sp³-hybridized carbons (Fsp3) is 0.231. The van der Waals surface area contributed by atoms with E-state index in [-0.39, 0.29) is 5.56 Å². The van der Waals surface area contributed by atoms with Crippen LogP contribution in [0, 0.1) is 10.5 Å². The summed E-state index contributed by atoms with van der Waals surface area (Å²) in [6.07, 6.45) is 1.44. The number of nitrogens with one attached hydrogen (secondary N) is 1. The molecule has 4 nitrogen and oxygen atoms in total. The Kier molecular flexibility index (Phi) is 4.00. The van der Waals surface area contributed by atoms with Gasteiger partial charge in [-0.15, -0.1) is 0 Å². The van der Waals surface area contributed by atoms with Gasteiger partial charge in [-0.2, -0.15) is 0 Å². The maximum Gasteiger partial charge on any atom is 0.266 e. The summed E-state index contributed by atoms with van der Waals surface area (Å²) in [7, 11) is 0. The minimum atomic E-state index is -0.105. The molecule has 0 radical (unpaired) electrons. The van der Waals surface area contributed by atoms with Crippen LogP contribution in [0.25, 0.3) is 0 Å². The molecule has 18 heavy (non-hydrogen) atoms. The van der Waals surface area contributed by atoms with Crippen molar-refractivity contribution in [2.45, 2.75) is 13.8 Å². The van der Waals surface area contributed by atoms with Gasteiger partial charge in [0.2, 0.25) is 0 Å². The Labute approximate surface area is 119 Å². The Morgan fingerprint density at radius 1 is 1.44 bits per heavy atom. The number of nitrogens with zero attached hydrogens (tertiary/aromatic N) is 2. The van der Waals surface area contributed by atoms with E-state index in [4.69, 9.17) is 0 Å². The molecule has 1 heterocycles. The number of aromatic amines is 1.